The van der Waals surface area contributed by atoms with Gasteiger partial charge >= 0.3 is 0 Å². The Hall–Kier alpha value is -1.31. The number of fused-ring (bicyclic) bond motifs is 5. The monoisotopic (exact) mass is 255 g/mol. The minimum atomic E-state index is 0.278. The van der Waals surface area contributed by atoms with Gasteiger partial charge in [0, 0.05) is 11.6 Å². The highest BCUT2D eigenvalue weighted by Gasteiger charge is 2.67. The van der Waals surface area contributed by atoms with Crippen LogP contribution in [0.25, 0.3) is 0 Å². The van der Waals surface area contributed by atoms with E-state index in [-0.39, 0.29) is 5.91 Å². The molecule has 4 rings (SSSR count). The lowest BCUT2D eigenvalue weighted by Crippen LogP contribution is -2.19. The summed E-state index contributed by atoms with van der Waals surface area (Å²) in [6.07, 6.45) is 4.15. The summed E-state index contributed by atoms with van der Waals surface area (Å²) in [4.78, 5) is 12.5. The summed E-state index contributed by atoms with van der Waals surface area (Å²) in [5.41, 5.74) is 3.45. The second-order valence-corrected chi connectivity index (χ2v) is 6.75. The molecular formula is C17H21NO. The van der Waals surface area contributed by atoms with E-state index in [0.717, 1.165) is 29.4 Å². The zero-order valence-corrected chi connectivity index (χ0v) is 11.6. The van der Waals surface area contributed by atoms with Gasteiger partial charge in [-0.25, -0.2) is 0 Å². The Kier molecular flexibility index (Phi) is 2.33. The molecule has 0 aliphatic heterocycles. The van der Waals surface area contributed by atoms with Crippen molar-refractivity contribution in [3.05, 3.63) is 29.3 Å². The third kappa shape index (κ3) is 1.58. The largest absolute Gasteiger partial charge is 0.326 e. The molecule has 3 fully saturated rings. The highest BCUT2D eigenvalue weighted by molar-refractivity contribution is 5.95. The highest BCUT2D eigenvalue weighted by atomic mass is 16.2. The van der Waals surface area contributed by atoms with Crippen LogP contribution < -0.4 is 5.32 Å². The van der Waals surface area contributed by atoms with Crippen LogP contribution in [-0.2, 0) is 4.79 Å². The molecule has 1 unspecified atom stereocenters. The SMILES string of the molecule is Cc1cccc(NC(=O)C2[C@@H]3[C@@H]4CC[C@H](C4)[C@H]23)c1C. The zero-order chi connectivity index (χ0) is 13.1. The average molecular weight is 255 g/mol. The number of hydrogen-bond donors (Lipinski definition) is 1. The van der Waals surface area contributed by atoms with Crippen LogP contribution in [0, 0.1) is 43.4 Å². The van der Waals surface area contributed by atoms with Crippen molar-refractivity contribution < 1.29 is 4.79 Å². The third-order valence-electron chi connectivity index (χ3n) is 5.90. The Morgan fingerprint density at radius 1 is 1.16 bits per heavy atom. The molecule has 1 N–H and O–H groups in total. The molecule has 3 aliphatic carbocycles. The Bertz CT molecular complexity index is 534. The first-order chi connectivity index (χ1) is 9.16. The second kappa shape index (κ2) is 3.84. The van der Waals surface area contributed by atoms with E-state index in [4.69, 9.17) is 0 Å². The van der Waals surface area contributed by atoms with Crippen molar-refractivity contribution in [2.24, 2.45) is 29.6 Å². The molecular weight excluding hydrogens is 234 g/mol. The van der Waals surface area contributed by atoms with Crippen LogP contribution in [0.4, 0.5) is 5.69 Å². The standard InChI is InChI=1S/C17H21NO/c1-9-4-3-5-13(10(9)2)18-17(19)16-14-11-6-7-12(8-11)15(14)16/h3-5,11-12,14-16H,6-8H2,1-2H3,(H,18,19)/t11-,12-,14-,15+,16?/m1/s1. The smallest absolute Gasteiger partial charge is 0.228 e. The lowest BCUT2D eigenvalue weighted by Gasteiger charge is -2.12. The number of hydrogen-bond acceptors (Lipinski definition) is 1. The average Bonchev–Trinajstić information content (AvgIpc) is 2.84. The molecule has 5 atom stereocenters. The summed E-state index contributed by atoms with van der Waals surface area (Å²) in [5.74, 6) is 3.79. The van der Waals surface area contributed by atoms with Crippen LogP contribution in [0.15, 0.2) is 18.2 Å². The predicted molar refractivity (Wildman–Crippen MR) is 75.8 cm³/mol. The summed E-state index contributed by atoms with van der Waals surface area (Å²) >= 11 is 0. The lowest BCUT2D eigenvalue weighted by molar-refractivity contribution is -0.118. The van der Waals surface area contributed by atoms with E-state index in [1.54, 1.807) is 0 Å². The van der Waals surface area contributed by atoms with Crippen LogP contribution in [0.1, 0.15) is 30.4 Å². The molecule has 1 amide bonds. The maximum absolute atomic E-state index is 12.5. The Morgan fingerprint density at radius 2 is 1.84 bits per heavy atom. The van der Waals surface area contributed by atoms with Gasteiger partial charge in [-0.15, -0.1) is 0 Å². The maximum atomic E-state index is 12.5. The molecule has 19 heavy (non-hydrogen) atoms. The maximum Gasteiger partial charge on any atom is 0.228 e. The molecule has 2 nitrogen and oxygen atoms in total. The molecule has 3 saturated carbocycles. The third-order valence-corrected chi connectivity index (χ3v) is 5.90. The van der Waals surface area contributed by atoms with Crippen molar-refractivity contribution in [3.8, 4) is 0 Å². The predicted octanol–water partition coefficient (Wildman–Crippen LogP) is 3.53. The number of rotatable bonds is 2. The normalized spacial score (nSPS) is 38.1. The van der Waals surface area contributed by atoms with Crippen molar-refractivity contribution in [1.29, 1.82) is 0 Å². The van der Waals surface area contributed by atoms with Crippen molar-refractivity contribution in [3.63, 3.8) is 0 Å². The first-order valence-electron chi connectivity index (χ1n) is 7.54. The second-order valence-electron chi connectivity index (χ2n) is 6.75. The summed E-state index contributed by atoms with van der Waals surface area (Å²) < 4.78 is 0. The molecule has 1 aromatic rings. The van der Waals surface area contributed by atoms with Gasteiger partial charge < -0.3 is 5.32 Å². The molecule has 2 heteroatoms. The van der Waals surface area contributed by atoms with E-state index in [1.807, 2.05) is 12.1 Å². The van der Waals surface area contributed by atoms with E-state index >= 15 is 0 Å². The fourth-order valence-corrected chi connectivity index (χ4v) is 4.78. The molecule has 1 aromatic carbocycles. The number of amides is 1. The number of aryl methyl sites for hydroxylation is 1. The minimum absolute atomic E-state index is 0.278. The number of benzene rings is 1. The highest BCUT2D eigenvalue weighted by Crippen LogP contribution is 2.69. The van der Waals surface area contributed by atoms with Crippen LogP contribution in [0.2, 0.25) is 0 Å². The summed E-state index contributed by atoms with van der Waals surface area (Å²) in [7, 11) is 0. The molecule has 0 heterocycles. The van der Waals surface area contributed by atoms with Crippen LogP contribution in [0.5, 0.6) is 0 Å². The van der Waals surface area contributed by atoms with Crippen molar-refractivity contribution in [1.82, 2.24) is 0 Å². The van der Waals surface area contributed by atoms with Gasteiger partial charge in [-0.1, -0.05) is 12.1 Å². The van der Waals surface area contributed by atoms with Gasteiger partial charge in [0.05, 0.1) is 0 Å². The molecule has 0 saturated heterocycles. The molecule has 100 valence electrons. The quantitative estimate of drug-likeness (QED) is 0.860. The van der Waals surface area contributed by atoms with E-state index in [1.165, 1.54) is 30.4 Å². The van der Waals surface area contributed by atoms with Crippen LogP contribution in [0.3, 0.4) is 0 Å². The Labute approximate surface area is 114 Å². The van der Waals surface area contributed by atoms with Crippen molar-refractivity contribution in [2.45, 2.75) is 33.1 Å². The zero-order valence-electron chi connectivity index (χ0n) is 11.6. The molecule has 3 aliphatic rings. The lowest BCUT2D eigenvalue weighted by atomic mass is 10.0. The van der Waals surface area contributed by atoms with Gasteiger partial charge in [0.25, 0.3) is 0 Å². The van der Waals surface area contributed by atoms with Gasteiger partial charge in [0.15, 0.2) is 0 Å². The fourth-order valence-electron chi connectivity index (χ4n) is 4.78. The summed E-state index contributed by atoms with van der Waals surface area (Å²) in [6, 6.07) is 6.14. The molecule has 0 aromatic heterocycles. The topological polar surface area (TPSA) is 29.1 Å². The van der Waals surface area contributed by atoms with Gasteiger partial charge in [0.2, 0.25) is 5.91 Å². The van der Waals surface area contributed by atoms with E-state index in [2.05, 4.69) is 25.2 Å². The summed E-state index contributed by atoms with van der Waals surface area (Å²) in [5, 5.41) is 3.17. The van der Waals surface area contributed by atoms with Gasteiger partial charge in [-0.2, -0.15) is 0 Å². The Balaban J connectivity index is 1.50. The summed E-state index contributed by atoms with van der Waals surface area (Å²) in [6.45, 7) is 4.18. The van der Waals surface area contributed by atoms with Gasteiger partial charge in [-0.3, -0.25) is 4.79 Å². The van der Waals surface area contributed by atoms with Crippen molar-refractivity contribution in [2.75, 3.05) is 5.32 Å². The first-order valence-corrected chi connectivity index (χ1v) is 7.54. The van der Waals surface area contributed by atoms with Gasteiger partial charge in [-0.05, 0) is 74.0 Å². The number of carbonyl (C=O) groups is 1. The minimum Gasteiger partial charge on any atom is -0.326 e. The van der Waals surface area contributed by atoms with Gasteiger partial charge in [0.1, 0.15) is 0 Å². The first kappa shape index (κ1) is 11.5. The fraction of sp³-hybridized carbons (Fsp3) is 0.588. The number of carbonyl (C=O) groups excluding carboxylic acids is 1. The van der Waals surface area contributed by atoms with E-state index in [9.17, 15) is 4.79 Å². The molecule has 0 spiro atoms. The van der Waals surface area contributed by atoms with Crippen LogP contribution >= 0.6 is 0 Å². The van der Waals surface area contributed by atoms with Crippen LogP contribution in [-0.4, -0.2) is 5.91 Å². The van der Waals surface area contributed by atoms with Crippen molar-refractivity contribution >= 4 is 11.6 Å². The van der Waals surface area contributed by atoms with E-state index < -0.39 is 0 Å². The molecule has 0 radical (unpaired) electrons. The number of nitrogens with one attached hydrogen (secondary N) is 1. The number of anilines is 1. The molecule has 2 bridgehead atoms. The Morgan fingerprint density at radius 3 is 2.53 bits per heavy atom. The van der Waals surface area contributed by atoms with E-state index in [0.29, 0.717) is 5.92 Å².